The summed E-state index contributed by atoms with van der Waals surface area (Å²) in [6.45, 7) is 5.64. The molecule has 154 valence electrons. The van der Waals surface area contributed by atoms with Gasteiger partial charge in [-0.2, -0.15) is 0 Å². The van der Waals surface area contributed by atoms with E-state index in [-0.39, 0.29) is 18.8 Å². The summed E-state index contributed by atoms with van der Waals surface area (Å²) < 4.78 is 38.0. The Bertz CT molecular complexity index is 1090. The normalized spacial score (nSPS) is 12.8. The van der Waals surface area contributed by atoms with Crippen LogP contribution in [0.2, 0.25) is 0 Å². The number of aromatic nitrogens is 1. The van der Waals surface area contributed by atoms with Gasteiger partial charge in [0.2, 0.25) is 0 Å². The van der Waals surface area contributed by atoms with Crippen molar-refractivity contribution in [3.63, 3.8) is 0 Å². The van der Waals surface area contributed by atoms with E-state index in [2.05, 4.69) is 10.3 Å². The Labute approximate surface area is 168 Å². The molecule has 29 heavy (non-hydrogen) atoms. The lowest BCUT2D eigenvalue weighted by Gasteiger charge is -2.27. The summed E-state index contributed by atoms with van der Waals surface area (Å²) in [5, 5.41) is 3.85. The van der Waals surface area contributed by atoms with Crippen molar-refractivity contribution in [3.8, 4) is 0 Å². The highest BCUT2D eigenvalue weighted by atomic mass is 31.2. The molecule has 0 amide bonds. The second kappa shape index (κ2) is 8.91. The number of anilines is 1. The minimum atomic E-state index is -3.77. The third-order valence-electron chi connectivity index (χ3n) is 4.40. The Morgan fingerprint density at radius 2 is 1.72 bits per heavy atom. The first-order valence-corrected chi connectivity index (χ1v) is 11.0. The summed E-state index contributed by atoms with van der Waals surface area (Å²) in [4.78, 5) is 15.7. The molecule has 2 aromatic carbocycles. The van der Waals surface area contributed by atoms with Gasteiger partial charge in [0.1, 0.15) is 5.82 Å². The Hall–Kier alpha value is -2.47. The van der Waals surface area contributed by atoms with Gasteiger partial charge >= 0.3 is 7.60 Å². The average molecular weight is 418 g/mol. The van der Waals surface area contributed by atoms with Gasteiger partial charge in [-0.3, -0.25) is 9.36 Å². The molecule has 3 rings (SSSR count). The maximum absolute atomic E-state index is 13.6. The van der Waals surface area contributed by atoms with E-state index < -0.39 is 24.8 Å². The highest BCUT2D eigenvalue weighted by Crippen LogP contribution is 2.60. The van der Waals surface area contributed by atoms with Crippen LogP contribution < -0.4 is 10.9 Å². The van der Waals surface area contributed by atoms with Crippen molar-refractivity contribution >= 4 is 24.2 Å². The molecular weight excluding hydrogens is 394 g/mol. The summed E-state index contributed by atoms with van der Waals surface area (Å²) in [6, 6.07) is 12.9. The van der Waals surface area contributed by atoms with Gasteiger partial charge in [-0.1, -0.05) is 11.6 Å². The minimum absolute atomic E-state index is 0.142. The molecule has 3 aromatic rings. The van der Waals surface area contributed by atoms with Gasteiger partial charge in [-0.15, -0.1) is 0 Å². The standard InChI is InChI=1S/C21H24FN2O4P/c1-4-27-29(26,28-5-2)21(23-17-9-7-16(22)8-10-17)18-13-15-12-14(3)6-11-19(15)24-20(18)25/h6-13,21,23H,4-5H2,1-3H3,(H,24,25). The molecule has 0 aliphatic rings. The predicted octanol–water partition coefficient (Wildman–Crippen LogP) is 5.35. The minimum Gasteiger partial charge on any atom is -0.368 e. The zero-order valence-corrected chi connectivity index (χ0v) is 17.5. The number of H-pyrrole nitrogens is 1. The lowest BCUT2D eigenvalue weighted by molar-refractivity contribution is 0.214. The van der Waals surface area contributed by atoms with E-state index in [0.29, 0.717) is 11.2 Å². The highest BCUT2D eigenvalue weighted by molar-refractivity contribution is 7.54. The second-order valence-electron chi connectivity index (χ2n) is 6.57. The number of benzene rings is 2. The van der Waals surface area contributed by atoms with E-state index in [1.165, 1.54) is 24.3 Å². The van der Waals surface area contributed by atoms with Gasteiger partial charge in [0, 0.05) is 11.2 Å². The maximum atomic E-state index is 13.6. The van der Waals surface area contributed by atoms with Crippen LogP contribution in [0.1, 0.15) is 30.8 Å². The molecule has 1 aromatic heterocycles. The smallest absolute Gasteiger partial charge is 0.357 e. The summed E-state index contributed by atoms with van der Waals surface area (Å²) in [5.41, 5.74) is 2.00. The second-order valence-corrected chi connectivity index (χ2v) is 8.69. The third kappa shape index (κ3) is 4.75. The van der Waals surface area contributed by atoms with Crippen LogP contribution in [0.15, 0.2) is 53.3 Å². The van der Waals surface area contributed by atoms with Gasteiger partial charge in [0.15, 0.2) is 5.78 Å². The van der Waals surface area contributed by atoms with E-state index in [0.717, 1.165) is 10.9 Å². The number of halogens is 1. The van der Waals surface area contributed by atoms with Crippen molar-refractivity contribution in [2.45, 2.75) is 26.6 Å². The fourth-order valence-corrected chi connectivity index (χ4v) is 5.06. The molecule has 2 N–H and O–H groups in total. The van der Waals surface area contributed by atoms with Crippen molar-refractivity contribution in [2.75, 3.05) is 18.5 Å². The topological polar surface area (TPSA) is 80.4 Å². The lowest BCUT2D eigenvalue weighted by atomic mass is 10.1. The third-order valence-corrected chi connectivity index (χ3v) is 6.68. The van der Waals surface area contributed by atoms with Crippen molar-refractivity contribution in [1.82, 2.24) is 4.98 Å². The van der Waals surface area contributed by atoms with E-state index >= 15 is 0 Å². The Morgan fingerprint density at radius 3 is 2.34 bits per heavy atom. The number of nitrogens with one attached hydrogen (secondary N) is 2. The molecule has 1 atom stereocenters. The van der Waals surface area contributed by atoms with Gasteiger partial charge < -0.3 is 19.3 Å². The first-order chi connectivity index (χ1) is 13.9. The fraction of sp³-hybridized carbons (Fsp3) is 0.286. The molecule has 0 radical (unpaired) electrons. The molecule has 6 nitrogen and oxygen atoms in total. The number of fused-ring (bicyclic) bond motifs is 1. The van der Waals surface area contributed by atoms with Crippen LogP contribution in [0, 0.1) is 12.7 Å². The van der Waals surface area contributed by atoms with Gasteiger partial charge in [-0.05, 0) is 68.6 Å². The number of hydrogen-bond acceptors (Lipinski definition) is 5. The molecule has 0 spiro atoms. The summed E-state index contributed by atoms with van der Waals surface area (Å²) in [6.07, 6.45) is 0. The Morgan fingerprint density at radius 1 is 1.07 bits per heavy atom. The van der Waals surface area contributed by atoms with E-state index in [1.54, 1.807) is 19.9 Å². The molecule has 1 unspecified atom stereocenters. The predicted molar refractivity (Wildman–Crippen MR) is 113 cm³/mol. The van der Waals surface area contributed by atoms with Crippen molar-refractivity contribution in [3.05, 3.63) is 75.8 Å². The van der Waals surface area contributed by atoms with Gasteiger partial charge in [0.05, 0.1) is 18.8 Å². The number of aryl methyl sites for hydroxylation is 1. The number of rotatable bonds is 8. The molecule has 0 saturated heterocycles. The quantitative estimate of drug-likeness (QED) is 0.482. The number of hydrogen-bond donors (Lipinski definition) is 2. The molecule has 1 heterocycles. The number of pyridine rings is 1. The van der Waals surface area contributed by atoms with Crippen LogP contribution in [-0.2, 0) is 13.6 Å². The zero-order valence-electron chi connectivity index (χ0n) is 16.6. The molecular formula is C21H24FN2O4P. The van der Waals surface area contributed by atoms with Crippen LogP contribution in [0.4, 0.5) is 10.1 Å². The Balaban J connectivity index is 2.17. The molecule has 0 bridgehead atoms. The van der Waals surface area contributed by atoms with Crippen LogP contribution in [0.3, 0.4) is 0 Å². The highest BCUT2D eigenvalue weighted by Gasteiger charge is 2.39. The summed E-state index contributed by atoms with van der Waals surface area (Å²) in [5.74, 6) is -1.47. The van der Waals surface area contributed by atoms with E-state index in [1.807, 2.05) is 25.1 Å². The Kier molecular flexibility index (Phi) is 6.52. The lowest BCUT2D eigenvalue weighted by Crippen LogP contribution is -2.23. The molecule has 8 heteroatoms. The van der Waals surface area contributed by atoms with Crippen molar-refractivity contribution in [1.29, 1.82) is 0 Å². The molecule has 0 aliphatic heterocycles. The van der Waals surface area contributed by atoms with Gasteiger partial charge in [-0.25, -0.2) is 4.39 Å². The number of aromatic amines is 1. The van der Waals surface area contributed by atoms with E-state index in [9.17, 15) is 13.8 Å². The maximum Gasteiger partial charge on any atom is 0.357 e. The average Bonchev–Trinajstić information content (AvgIpc) is 2.68. The monoisotopic (exact) mass is 418 g/mol. The van der Waals surface area contributed by atoms with Gasteiger partial charge in [0.25, 0.3) is 5.56 Å². The van der Waals surface area contributed by atoms with Crippen molar-refractivity contribution < 1.29 is 18.0 Å². The zero-order chi connectivity index (χ0) is 21.0. The van der Waals surface area contributed by atoms with Crippen LogP contribution >= 0.6 is 7.60 Å². The van der Waals surface area contributed by atoms with Crippen LogP contribution in [0.5, 0.6) is 0 Å². The SMILES string of the molecule is CCOP(=O)(OCC)C(Nc1ccc(F)cc1)c1cc2cc(C)ccc2[nH]c1=O. The van der Waals surface area contributed by atoms with E-state index in [4.69, 9.17) is 9.05 Å². The van der Waals surface area contributed by atoms with Crippen molar-refractivity contribution in [2.24, 2.45) is 0 Å². The molecule has 0 aliphatic carbocycles. The first kappa shape index (κ1) is 21.2. The first-order valence-electron chi connectivity index (χ1n) is 9.40. The summed E-state index contributed by atoms with van der Waals surface area (Å²) in [7, 11) is -3.77. The fourth-order valence-electron chi connectivity index (χ4n) is 3.12. The summed E-state index contributed by atoms with van der Waals surface area (Å²) >= 11 is 0. The largest absolute Gasteiger partial charge is 0.368 e. The molecule has 0 fully saturated rings. The van der Waals surface area contributed by atoms with Crippen LogP contribution in [-0.4, -0.2) is 18.2 Å². The molecule has 0 saturated carbocycles. The van der Waals surface area contributed by atoms with Crippen LogP contribution in [0.25, 0.3) is 10.9 Å².